The summed E-state index contributed by atoms with van der Waals surface area (Å²) < 4.78 is 5.44. The number of carbonyl (C=O) groups excluding carboxylic acids is 1. The number of benzene rings is 3. The zero-order valence-corrected chi connectivity index (χ0v) is 17.6. The molecule has 2 N–H and O–H groups in total. The van der Waals surface area contributed by atoms with E-state index in [1.807, 2.05) is 48.5 Å². The average Bonchev–Trinajstić information content (AvgIpc) is 3.14. The quantitative estimate of drug-likeness (QED) is 0.392. The van der Waals surface area contributed by atoms with Crippen LogP contribution in [0.3, 0.4) is 0 Å². The number of hydrogen-bond donors (Lipinski definition) is 2. The van der Waals surface area contributed by atoms with Crippen molar-refractivity contribution < 1.29 is 24.4 Å². The Bertz CT molecular complexity index is 1150. The normalized spacial score (nSPS) is 13.0. The summed E-state index contributed by atoms with van der Waals surface area (Å²) >= 11 is 0. The lowest BCUT2D eigenvalue weighted by molar-refractivity contribution is -0.384. The maximum atomic E-state index is 12.3. The molecule has 0 heterocycles. The van der Waals surface area contributed by atoms with E-state index in [0.717, 1.165) is 22.3 Å². The number of ether oxygens (including phenoxy) is 1. The van der Waals surface area contributed by atoms with E-state index in [-0.39, 0.29) is 31.2 Å². The second kappa shape index (κ2) is 9.52. The zero-order valence-electron chi connectivity index (χ0n) is 17.6. The summed E-state index contributed by atoms with van der Waals surface area (Å²) in [6.07, 6.45) is -0.566. The fraction of sp³-hybridized carbons (Fsp3) is 0.200. The lowest BCUT2D eigenvalue weighted by Gasteiger charge is -2.16. The third-order valence-electron chi connectivity index (χ3n) is 5.81. The van der Waals surface area contributed by atoms with Crippen LogP contribution >= 0.6 is 0 Å². The molecule has 8 nitrogen and oxygen atoms in total. The van der Waals surface area contributed by atoms with E-state index in [1.54, 1.807) is 0 Å². The Morgan fingerprint density at radius 3 is 2.09 bits per heavy atom. The maximum absolute atomic E-state index is 12.3. The second-order valence-electron chi connectivity index (χ2n) is 7.87. The number of non-ortho nitro benzene ring substituents is 1. The van der Waals surface area contributed by atoms with Crippen molar-refractivity contribution in [2.45, 2.75) is 12.3 Å². The Hall–Kier alpha value is -4.20. The molecule has 0 saturated heterocycles. The highest BCUT2D eigenvalue weighted by molar-refractivity contribution is 5.79. The molecule has 3 aromatic rings. The number of nitrogens with one attached hydrogen (secondary N) is 1. The van der Waals surface area contributed by atoms with Gasteiger partial charge in [0.2, 0.25) is 0 Å². The van der Waals surface area contributed by atoms with E-state index >= 15 is 0 Å². The number of alkyl carbamates (subject to hydrolysis) is 1. The molecule has 168 valence electrons. The van der Waals surface area contributed by atoms with Crippen LogP contribution < -0.4 is 5.32 Å². The van der Waals surface area contributed by atoms with Gasteiger partial charge in [-0.1, -0.05) is 60.7 Å². The third kappa shape index (κ3) is 4.85. The molecule has 1 amide bonds. The minimum absolute atomic E-state index is 0.0672. The molecule has 4 rings (SSSR count). The van der Waals surface area contributed by atoms with Crippen molar-refractivity contribution in [2.24, 2.45) is 5.92 Å². The highest BCUT2D eigenvalue weighted by atomic mass is 16.6. The van der Waals surface area contributed by atoms with Gasteiger partial charge in [0.1, 0.15) is 6.61 Å². The highest BCUT2D eigenvalue weighted by Crippen LogP contribution is 2.44. The second-order valence-corrected chi connectivity index (χ2v) is 7.87. The Morgan fingerprint density at radius 2 is 1.55 bits per heavy atom. The number of nitro benzene ring substituents is 1. The van der Waals surface area contributed by atoms with Crippen molar-refractivity contribution >= 4 is 17.7 Å². The first-order chi connectivity index (χ1) is 15.9. The van der Waals surface area contributed by atoms with Crippen LogP contribution in [0, 0.1) is 16.0 Å². The van der Waals surface area contributed by atoms with Crippen molar-refractivity contribution in [3.63, 3.8) is 0 Å². The molecule has 1 atom stereocenters. The molecule has 8 heteroatoms. The van der Waals surface area contributed by atoms with E-state index < -0.39 is 22.9 Å². The SMILES string of the molecule is O=C(NC[C@H](Cc1ccc([N+](=O)[O-])cc1)C(=O)O)OCC1c2ccccc2-c2ccccc21. The third-order valence-corrected chi connectivity index (χ3v) is 5.81. The number of carboxylic acids is 1. The van der Waals surface area contributed by atoms with Gasteiger partial charge < -0.3 is 15.2 Å². The standard InChI is InChI=1S/C25H22N2O6/c28-24(29)17(13-16-9-11-18(12-10-16)27(31)32)14-26-25(30)33-15-23-21-7-3-1-5-19(21)20-6-2-4-8-22(20)23/h1-12,17,23H,13-15H2,(H,26,30)(H,28,29)/t17-/m0/s1. The molecule has 0 bridgehead atoms. The van der Waals surface area contributed by atoms with Gasteiger partial charge in [0.05, 0.1) is 10.8 Å². The van der Waals surface area contributed by atoms with Crippen LogP contribution in [0.4, 0.5) is 10.5 Å². The van der Waals surface area contributed by atoms with E-state index in [0.29, 0.717) is 5.56 Å². The van der Waals surface area contributed by atoms with Crippen molar-refractivity contribution in [1.82, 2.24) is 5.32 Å². The summed E-state index contributed by atoms with van der Waals surface area (Å²) in [6, 6.07) is 21.7. The van der Waals surface area contributed by atoms with Crippen LogP contribution in [0.15, 0.2) is 72.8 Å². The first kappa shape index (κ1) is 22.0. The number of carboxylic acid groups (broad SMARTS) is 1. The largest absolute Gasteiger partial charge is 0.481 e. The summed E-state index contributed by atoms with van der Waals surface area (Å²) in [5, 5.41) is 22.8. The van der Waals surface area contributed by atoms with Crippen LogP contribution in [0.25, 0.3) is 11.1 Å². The van der Waals surface area contributed by atoms with Gasteiger partial charge in [0.25, 0.3) is 5.69 Å². The van der Waals surface area contributed by atoms with Crippen LogP contribution in [0.2, 0.25) is 0 Å². The number of fused-ring (bicyclic) bond motifs is 3. The van der Waals surface area contributed by atoms with Crippen molar-refractivity contribution in [2.75, 3.05) is 13.2 Å². The van der Waals surface area contributed by atoms with Crippen LogP contribution in [-0.2, 0) is 16.0 Å². The number of aliphatic carboxylic acids is 1. The van der Waals surface area contributed by atoms with Crippen LogP contribution in [0.5, 0.6) is 0 Å². The smallest absolute Gasteiger partial charge is 0.407 e. The summed E-state index contributed by atoms with van der Waals surface area (Å²) in [6.45, 7) is 0.0168. The molecule has 0 aromatic heterocycles. The Kier molecular flexibility index (Phi) is 6.35. The van der Waals surface area contributed by atoms with Gasteiger partial charge in [-0.25, -0.2) is 4.79 Å². The van der Waals surface area contributed by atoms with Gasteiger partial charge in [-0.2, -0.15) is 0 Å². The predicted octanol–water partition coefficient (Wildman–Crippen LogP) is 4.38. The molecule has 33 heavy (non-hydrogen) atoms. The molecule has 3 aromatic carbocycles. The van der Waals surface area contributed by atoms with E-state index in [1.165, 1.54) is 24.3 Å². The summed E-state index contributed by atoms with van der Waals surface area (Å²) in [7, 11) is 0. The zero-order chi connectivity index (χ0) is 23.4. The summed E-state index contributed by atoms with van der Waals surface area (Å²) in [5.41, 5.74) is 4.98. The number of carbonyl (C=O) groups is 2. The van der Waals surface area contributed by atoms with Gasteiger partial charge in [0, 0.05) is 24.6 Å². The fourth-order valence-electron chi connectivity index (χ4n) is 4.14. The number of hydrogen-bond acceptors (Lipinski definition) is 5. The summed E-state index contributed by atoms with van der Waals surface area (Å²) in [4.78, 5) is 34.2. The highest BCUT2D eigenvalue weighted by Gasteiger charge is 2.29. The first-order valence-corrected chi connectivity index (χ1v) is 10.5. The summed E-state index contributed by atoms with van der Waals surface area (Å²) in [5.74, 6) is -2.06. The lowest BCUT2D eigenvalue weighted by Crippen LogP contribution is -2.35. The van der Waals surface area contributed by atoms with Crippen molar-refractivity contribution in [1.29, 1.82) is 0 Å². The van der Waals surface area contributed by atoms with Gasteiger partial charge in [0.15, 0.2) is 0 Å². The van der Waals surface area contributed by atoms with Crippen molar-refractivity contribution in [3.8, 4) is 11.1 Å². The Morgan fingerprint density at radius 1 is 0.970 bits per heavy atom. The number of amides is 1. The van der Waals surface area contributed by atoms with Gasteiger partial charge in [-0.05, 0) is 34.2 Å². The monoisotopic (exact) mass is 446 g/mol. The van der Waals surface area contributed by atoms with Crippen LogP contribution in [0.1, 0.15) is 22.6 Å². The Labute approximate surface area is 190 Å². The number of nitrogens with zero attached hydrogens (tertiary/aromatic N) is 1. The molecule has 1 aliphatic carbocycles. The molecule has 0 unspecified atom stereocenters. The molecular weight excluding hydrogens is 424 g/mol. The van der Waals surface area contributed by atoms with Gasteiger partial charge >= 0.3 is 12.1 Å². The minimum Gasteiger partial charge on any atom is -0.481 e. The molecule has 0 fully saturated rings. The van der Waals surface area contributed by atoms with E-state index in [9.17, 15) is 24.8 Å². The molecule has 0 spiro atoms. The topological polar surface area (TPSA) is 119 Å². The average molecular weight is 446 g/mol. The predicted molar refractivity (Wildman–Crippen MR) is 121 cm³/mol. The molecule has 1 aliphatic rings. The molecule has 0 radical (unpaired) electrons. The van der Waals surface area contributed by atoms with Gasteiger partial charge in [-0.15, -0.1) is 0 Å². The van der Waals surface area contributed by atoms with Gasteiger partial charge in [-0.3, -0.25) is 14.9 Å². The van der Waals surface area contributed by atoms with Crippen molar-refractivity contribution in [3.05, 3.63) is 99.6 Å². The molecular formula is C25H22N2O6. The first-order valence-electron chi connectivity index (χ1n) is 10.5. The van der Waals surface area contributed by atoms with E-state index in [2.05, 4.69) is 5.32 Å². The maximum Gasteiger partial charge on any atom is 0.407 e. The lowest BCUT2D eigenvalue weighted by atomic mass is 9.98. The number of nitro groups is 1. The molecule has 0 saturated carbocycles. The van der Waals surface area contributed by atoms with E-state index in [4.69, 9.17) is 4.74 Å². The fourth-order valence-corrected chi connectivity index (χ4v) is 4.14. The van der Waals surface area contributed by atoms with Crippen LogP contribution in [-0.4, -0.2) is 35.2 Å². The number of rotatable bonds is 8. The molecule has 0 aliphatic heterocycles. The minimum atomic E-state index is -1.08. The Balaban J connectivity index is 1.35.